The van der Waals surface area contributed by atoms with Crippen molar-refractivity contribution in [1.29, 1.82) is 0 Å². The zero-order valence-corrected chi connectivity index (χ0v) is 14.9. The van der Waals surface area contributed by atoms with Crippen molar-refractivity contribution in [3.05, 3.63) is 45.9 Å². The molecule has 1 aliphatic carbocycles. The van der Waals surface area contributed by atoms with Gasteiger partial charge in [-0.05, 0) is 44.0 Å². The van der Waals surface area contributed by atoms with E-state index in [-0.39, 0.29) is 18.5 Å². The molecule has 126 valence electrons. The number of thioether (sulfide) groups is 1. The van der Waals surface area contributed by atoms with Crippen LogP contribution in [-0.4, -0.2) is 39.5 Å². The van der Waals surface area contributed by atoms with Gasteiger partial charge in [0, 0.05) is 27.6 Å². The predicted molar refractivity (Wildman–Crippen MR) is 94.5 cm³/mol. The molecule has 0 atom stereocenters. The van der Waals surface area contributed by atoms with Gasteiger partial charge in [0.05, 0.1) is 10.7 Å². The summed E-state index contributed by atoms with van der Waals surface area (Å²) in [5.41, 5.74) is 1.60. The minimum atomic E-state index is -0.971. The summed E-state index contributed by atoms with van der Waals surface area (Å²) in [6.07, 6.45) is 1.78. The van der Waals surface area contributed by atoms with E-state index in [4.69, 9.17) is 5.11 Å². The molecule has 0 unspecified atom stereocenters. The van der Waals surface area contributed by atoms with Crippen molar-refractivity contribution in [2.45, 2.75) is 36.5 Å². The van der Waals surface area contributed by atoms with E-state index in [2.05, 4.69) is 10.4 Å². The van der Waals surface area contributed by atoms with Crippen LogP contribution in [0.25, 0.3) is 0 Å². The van der Waals surface area contributed by atoms with Crippen molar-refractivity contribution in [3.8, 4) is 0 Å². The molecule has 3 rings (SSSR count). The fourth-order valence-corrected chi connectivity index (χ4v) is 3.90. The van der Waals surface area contributed by atoms with Gasteiger partial charge in [0.25, 0.3) is 5.91 Å². The maximum atomic E-state index is 12.5. The molecule has 7 heteroatoms. The standard InChI is InChI=1S/C17H18N2O3S2/c1-11-18-13(9-23-11)10-24-15-6-2-12(3-7-15)17(22)19(8-16(20)21)14-4-5-14/h2-3,6-7,9,14H,4-5,8,10H2,1H3,(H,20,21). The molecule has 1 fully saturated rings. The van der Waals surface area contributed by atoms with Gasteiger partial charge in [-0.25, -0.2) is 4.98 Å². The largest absolute Gasteiger partial charge is 0.480 e. The number of carbonyl (C=O) groups is 2. The Kier molecular flexibility index (Phi) is 5.20. The van der Waals surface area contributed by atoms with Gasteiger partial charge in [0.15, 0.2) is 0 Å². The first-order chi connectivity index (χ1) is 11.5. The summed E-state index contributed by atoms with van der Waals surface area (Å²) in [5.74, 6) is -0.377. The topological polar surface area (TPSA) is 70.5 Å². The van der Waals surface area contributed by atoms with Gasteiger partial charge in [0.1, 0.15) is 6.54 Å². The summed E-state index contributed by atoms with van der Waals surface area (Å²) in [6.45, 7) is 1.76. The Morgan fingerprint density at radius 3 is 2.58 bits per heavy atom. The molecule has 0 bridgehead atoms. The number of aliphatic carboxylic acids is 1. The molecule has 0 radical (unpaired) electrons. The van der Waals surface area contributed by atoms with Crippen LogP contribution >= 0.6 is 23.1 Å². The number of carbonyl (C=O) groups excluding carboxylic acids is 1. The highest BCUT2D eigenvalue weighted by molar-refractivity contribution is 7.98. The predicted octanol–water partition coefficient (Wildman–Crippen LogP) is 3.43. The number of thiazole rings is 1. The van der Waals surface area contributed by atoms with E-state index in [1.807, 2.05) is 19.1 Å². The number of benzene rings is 1. The van der Waals surface area contributed by atoms with Crippen molar-refractivity contribution >= 4 is 35.0 Å². The Labute approximate surface area is 148 Å². The van der Waals surface area contributed by atoms with Gasteiger partial charge >= 0.3 is 5.97 Å². The van der Waals surface area contributed by atoms with Crippen molar-refractivity contribution < 1.29 is 14.7 Å². The lowest BCUT2D eigenvalue weighted by Crippen LogP contribution is -2.37. The number of carboxylic acids is 1. The summed E-state index contributed by atoms with van der Waals surface area (Å²) in [5, 5.41) is 12.1. The lowest BCUT2D eigenvalue weighted by Gasteiger charge is -2.20. The zero-order valence-electron chi connectivity index (χ0n) is 13.3. The second-order valence-corrected chi connectivity index (χ2v) is 7.84. The van der Waals surface area contributed by atoms with Crippen LogP contribution in [0.1, 0.15) is 33.9 Å². The molecule has 24 heavy (non-hydrogen) atoms. The summed E-state index contributed by atoms with van der Waals surface area (Å²) in [6, 6.07) is 7.43. The van der Waals surface area contributed by atoms with E-state index < -0.39 is 5.97 Å². The summed E-state index contributed by atoms with van der Waals surface area (Å²) < 4.78 is 0. The summed E-state index contributed by atoms with van der Waals surface area (Å²) in [4.78, 5) is 30.4. The van der Waals surface area contributed by atoms with Crippen LogP contribution < -0.4 is 0 Å². The maximum absolute atomic E-state index is 12.5. The number of hydrogen-bond donors (Lipinski definition) is 1. The fraction of sp³-hybridized carbons (Fsp3) is 0.353. The Morgan fingerprint density at radius 2 is 2.04 bits per heavy atom. The SMILES string of the molecule is Cc1nc(CSc2ccc(C(=O)N(CC(=O)O)C3CC3)cc2)cs1. The Morgan fingerprint density at radius 1 is 1.33 bits per heavy atom. The van der Waals surface area contributed by atoms with Gasteiger partial charge in [-0.3, -0.25) is 9.59 Å². The normalized spacial score (nSPS) is 13.7. The number of nitrogens with zero attached hydrogens (tertiary/aromatic N) is 2. The summed E-state index contributed by atoms with van der Waals surface area (Å²) >= 11 is 3.31. The van der Waals surface area contributed by atoms with E-state index in [0.29, 0.717) is 5.56 Å². The molecule has 1 amide bonds. The third kappa shape index (κ3) is 4.36. The molecule has 2 aromatic rings. The van der Waals surface area contributed by atoms with Crippen LogP contribution in [0.2, 0.25) is 0 Å². The van der Waals surface area contributed by atoms with Crippen LogP contribution in [0, 0.1) is 6.92 Å². The lowest BCUT2D eigenvalue weighted by molar-refractivity contribution is -0.137. The van der Waals surface area contributed by atoms with E-state index in [1.165, 1.54) is 4.90 Å². The molecular formula is C17H18N2O3S2. The first-order valence-corrected chi connectivity index (χ1v) is 9.56. The molecule has 1 aromatic heterocycles. The number of aromatic nitrogens is 1. The molecule has 1 aliphatic rings. The fourth-order valence-electron chi connectivity index (χ4n) is 2.39. The average molecular weight is 362 g/mol. The van der Waals surface area contributed by atoms with Gasteiger partial charge < -0.3 is 10.0 Å². The minimum absolute atomic E-state index is 0.0792. The third-order valence-electron chi connectivity index (χ3n) is 3.71. The third-order valence-corrected chi connectivity index (χ3v) is 5.58. The molecular weight excluding hydrogens is 344 g/mol. The quantitative estimate of drug-likeness (QED) is 0.764. The molecule has 0 aliphatic heterocycles. The van der Waals surface area contributed by atoms with Gasteiger partial charge in [-0.2, -0.15) is 0 Å². The smallest absolute Gasteiger partial charge is 0.323 e. The Hall–Kier alpha value is -1.86. The van der Waals surface area contributed by atoms with Crippen molar-refractivity contribution in [1.82, 2.24) is 9.88 Å². The van der Waals surface area contributed by atoms with E-state index in [9.17, 15) is 9.59 Å². The van der Waals surface area contributed by atoms with Crippen LogP contribution in [-0.2, 0) is 10.5 Å². The highest BCUT2D eigenvalue weighted by atomic mass is 32.2. The minimum Gasteiger partial charge on any atom is -0.480 e. The van der Waals surface area contributed by atoms with Crippen molar-refractivity contribution in [2.24, 2.45) is 0 Å². The monoisotopic (exact) mass is 362 g/mol. The first-order valence-electron chi connectivity index (χ1n) is 7.69. The maximum Gasteiger partial charge on any atom is 0.323 e. The van der Waals surface area contributed by atoms with Gasteiger partial charge in [-0.15, -0.1) is 23.1 Å². The van der Waals surface area contributed by atoms with Crippen molar-refractivity contribution in [3.63, 3.8) is 0 Å². The van der Waals surface area contributed by atoms with Crippen LogP contribution in [0.4, 0.5) is 0 Å². The van der Waals surface area contributed by atoms with E-state index in [0.717, 1.165) is 34.2 Å². The molecule has 1 N–H and O–H groups in total. The Bertz CT molecular complexity index is 739. The molecule has 1 saturated carbocycles. The number of aryl methyl sites for hydroxylation is 1. The summed E-state index contributed by atoms with van der Waals surface area (Å²) in [7, 11) is 0. The zero-order chi connectivity index (χ0) is 17.1. The van der Waals surface area contributed by atoms with Crippen molar-refractivity contribution in [2.75, 3.05) is 6.54 Å². The van der Waals surface area contributed by atoms with Crippen LogP contribution in [0.5, 0.6) is 0 Å². The number of amides is 1. The first kappa shape index (κ1) is 17.0. The number of carboxylic acid groups (broad SMARTS) is 1. The molecule has 5 nitrogen and oxygen atoms in total. The lowest BCUT2D eigenvalue weighted by atomic mass is 10.2. The molecule has 1 aromatic carbocycles. The van der Waals surface area contributed by atoms with Gasteiger partial charge in [0.2, 0.25) is 0 Å². The second kappa shape index (κ2) is 7.36. The number of hydrogen-bond acceptors (Lipinski definition) is 5. The highest BCUT2D eigenvalue weighted by Gasteiger charge is 2.34. The molecule has 0 saturated heterocycles. The second-order valence-electron chi connectivity index (χ2n) is 5.73. The van der Waals surface area contributed by atoms with E-state index in [1.54, 1.807) is 35.2 Å². The highest BCUT2D eigenvalue weighted by Crippen LogP contribution is 2.29. The average Bonchev–Trinajstić information content (AvgIpc) is 3.32. The molecule has 1 heterocycles. The van der Waals surface area contributed by atoms with Gasteiger partial charge in [-0.1, -0.05) is 0 Å². The van der Waals surface area contributed by atoms with E-state index >= 15 is 0 Å². The molecule has 0 spiro atoms. The Balaban J connectivity index is 1.62. The van der Waals surface area contributed by atoms with Crippen LogP contribution in [0.15, 0.2) is 34.5 Å². The number of rotatable bonds is 7. The van der Waals surface area contributed by atoms with Crippen LogP contribution in [0.3, 0.4) is 0 Å².